The van der Waals surface area contributed by atoms with Gasteiger partial charge in [-0.2, -0.15) is 0 Å². The topological polar surface area (TPSA) is 18.5 Å². The summed E-state index contributed by atoms with van der Waals surface area (Å²) in [7, 11) is 0.144. The second-order valence-corrected chi connectivity index (χ2v) is 4.88. The van der Waals surface area contributed by atoms with Crippen molar-refractivity contribution in [2.75, 3.05) is 6.61 Å². The van der Waals surface area contributed by atoms with E-state index in [-0.39, 0.29) is 10.0 Å². The second-order valence-electron chi connectivity index (χ2n) is 4.22. The van der Waals surface area contributed by atoms with Crippen LogP contribution in [0, 0.1) is 11.8 Å². The molecular weight excluding hydrogens is 204 g/mol. The number of rotatable bonds is 7. The van der Waals surface area contributed by atoms with Crippen LogP contribution in [0.1, 0.15) is 32.6 Å². The largest absolute Gasteiger partial charge is 0.521 e. The minimum Gasteiger partial charge on any atom is -0.518 e. The van der Waals surface area contributed by atoms with Gasteiger partial charge < -0.3 is 8.85 Å². The van der Waals surface area contributed by atoms with E-state index in [1.54, 1.807) is 0 Å². The Kier molecular flexibility index (Phi) is 4.03. The Morgan fingerprint density at radius 3 is 2.60 bits per heavy atom. The van der Waals surface area contributed by atoms with Crippen molar-refractivity contribution in [3.8, 4) is 0 Å². The molecule has 0 N–H and O–H groups in total. The van der Waals surface area contributed by atoms with Crippen LogP contribution in [0.15, 0.2) is 24.0 Å². The molecule has 2 aliphatic carbocycles. The zero-order valence-corrected chi connectivity index (χ0v) is 10.2. The number of allylic oxidation sites excluding steroid dienone is 3. The standard InChI is InChI=1S/C12H18O2Si/c1-2-13-15-14-12(9-11-5-6-11)8-7-10-3-4-10/h7-11H,2-6H2,1H3. The average molecular weight is 222 g/mol. The molecule has 2 saturated carbocycles. The van der Waals surface area contributed by atoms with Gasteiger partial charge in [0.2, 0.25) is 0 Å². The molecule has 3 heteroatoms. The lowest BCUT2D eigenvalue weighted by Crippen LogP contribution is -2.03. The van der Waals surface area contributed by atoms with Crippen molar-refractivity contribution < 1.29 is 8.85 Å². The first-order valence-corrected chi connectivity index (χ1v) is 6.63. The fourth-order valence-electron chi connectivity index (χ4n) is 1.27. The lowest BCUT2D eigenvalue weighted by Gasteiger charge is -2.04. The summed E-state index contributed by atoms with van der Waals surface area (Å²) in [6.07, 6.45) is 12.0. The van der Waals surface area contributed by atoms with Crippen LogP contribution in [0.2, 0.25) is 0 Å². The predicted molar refractivity (Wildman–Crippen MR) is 61.1 cm³/mol. The summed E-state index contributed by atoms with van der Waals surface area (Å²) in [4.78, 5) is 0. The Balaban J connectivity index is 1.78. The lowest BCUT2D eigenvalue weighted by molar-refractivity contribution is 0.279. The van der Waals surface area contributed by atoms with E-state index in [4.69, 9.17) is 8.85 Å². The fraction of sp³-hybridized carbons (Fsp3) is 0.667. The smallest absolute Gasteiger partial charge is 0.518 e. The summed E-state index contributed by atoms with van der Waals surface area (Å²) in [6, 6.07) is 0. The van der Waals surface area contributed by atoms with E-state index in [0.29, 0.717) is 0 Å². The molecule has 2 nitrogen and oxygen atoms in total. The van der Waals surface area contributed by atoms with Crippen molar-refractivity contribution in [3.63, 3.8) is 0 Å². The van der Waals surface area contributed by atoms with Crippen molar-refractivity contribution in [1.29, 1.82) is 0 Å². The molecule has 2 rings (SSSR count). The molecule has 2 radical (unpaired) electrons. The molecule has 0 heterocycles. The van der Waals surface area contributed by atoms with Crippen molar-refractivity contribution in [1.82, 2.24) is 0 Å². The highest BCUT2D eigenvalue weighted by molar-refractivity contribution is 6.18. The highest BCUT2D eigenvalue weighted by atomic mass is 28.3. The third-order valence-electron chi connectivity index (χ3n) is 2.54. The average Bonchev–Trinajstić information content (AvgIpc) is 3.09. The maximum atomic E-state index is 5.59. The van der Waals surface area contributed by atoms with Gasteiger partial charge in [0.15, 0.2) is 0 Å². The Labute approximate surface area is 94.4 Å². The van der Waals surface area contributed by atoms with Crippen LogP contribution >= 0.6 is 0 Å². The van der Waals surface area contributed by atoms with Crippen molar-refractivity contribution in [2.24, 2.45) is 11.8 Å². The summed E-state index contributed by atoms with van der Waals surface area (Å²) in [5.41, 5.74) is 0. The van der Waals surface area contributed by atoms with Gasteiger partial charge in [-0.3, -0.25) is 0 Å². The monoisotopic (exact) mass is 222 g/mol. The molecule has 0 unspecified atom stereocenters. The highest BCUT2D eigenvalue weighted by Crippen LogP contribution is 2.33. The predicted octanol–water partition coefficient (Wildman–Crippen LogP) is 2.83. The third kappa shape index (κ3) is 4.67. The van der Waals surface area contributed by atoms with Gasteiger partial charge in [0, 0.05) is 6.61 Å². The van der Waals surface area contributed by atoms with Crippen LogP contribution in [0.25, 0.3) is 0 Å². The third-order valence-corrected chi connectivity index (χ3v) is 3.26. The van der Waals surface area contributed by atoms with Gasteiger partial charge in [0.05, 0.1) is 0 Å². The lowest BCUT2D eigenvalue weighted by atomic mass is 10.3. The molecule has 0 bridgehead atoms. The molecule has 0 aromatic carbocycles. The van der Waals surface area contributed by atoms with Gasteiger partial charge in [-0.15, -0.1) is 0 Å². The Bertz CT molecular complexity index is 252. The van der Waals surface area contributed by atoms with E-state index in [9.17, 15) is 0 Å². The first-order valence-electron chi connectivity index (χ1n) is 5.82. The minimum atomic E-state index is 0.144. The van der Waals surface area contributed by atoms with E-state index in [1.165, 1.54) is 25.7 Å². The molecule has 0 atom stereocenters. The first kappa shape index (κ1) is 11.0. The summed E-state index contributed by atoms with van der Waals surface area (Å²) < 4.78 is 10.8. The van der Waals surface area contributed by atoms with E-state index in [0.717, 1.165) is 24.2 Å². The molecule has 2 aliphatic rings. The molecule has 0 saturated heterocycles. The SMILES string of the molecule is CCO[Si]OC(C=CC1CC1)=CC1CC1. The highest BCUT2D eigenvalue weighted by Gasteiger charge is 2.20. The van der Waals surface area contributed by atoms with Crippen LogP contribution < -0.4 is 0 Å². The zero-order chi connectivity index (χ0) is 10.5. The van der Waals surface area contributed by atoms with Gasteiger partial charge in [-0.25, -0.2) is 0 Å². The van der Waals surface area contributed by atoms with Crippen molar-refractivity contribution in [2.45, 2.75) is 32.6 Å². The zero-order valence-electron chi connectivity index (χ0n) is 9.24. The maximum absolute atomic E-state index is 5.59. The van der Waals surface area contributed by atoms with Gasteiger partial charge in [-0.05, 0) is 56.6 Å². The van der Waals surface area contributed by atoms with Crippen LogP contribution in [-0.4, -0.2) is 16.6 Å². The van der Waals surface area contributed by atoms with Crippen LogP contribution in [0.3, 0.4) is 0 Å². The van der Waals surface area contributed by atoms with E-state index in [2.05, 4.69) is 18.2 Å². The van der Waals surface area contributed by atoms with E-state index in [1.807, 2.05) is 6.92 Å². The summed E-state index contributed by atoms with van der Waals surface area (Å²) in [6.45, 7) is 2.71. The molecule has 82 valence electrons. The van der Waals surface area contributed by atoms with Gasteiger partial charge in [0.25, 0.3) is 0 Å². The van der Waals surface area contributed by atoms with Gasteiger partial charge >= 0.3 is 10.0 Å². The summed E-state index contributed by atoms with van der Waals surface area (Å²) in [5.74, 6) is 2.58. The van der Waals surface area contributed by atoms with E-state index >= 15 is 0 Å². The van der Waals surface area contributed by atoms with Crippen LogP contribution in [-0.2, 0) is 8.85 Å². The molecule has 0 aliphatic heterocycles. The molecule has 2 fully saturated rings. The summed E-state index contributed by atoms with van der Waals surface area (Å²) >= 11 is 0. The Hall–Kier alpha value is -0.543. The molecule has 0 spiro atoms. The normalized spacial score (nSPS) is 22.3. The fourth-order valence-corrected chi connectivity index (χ4v) is 1.68. The van der Waals surface area contributed by atoms with Crippen molar-refractivity contribution in [3.05, 3.63) is 24.0 Å². The van der Waals surface area contributed by atoms with Crippen molar-refractivity contribution >= 4 is 10.0 Å². The molecular formula is C12H18O2Si. The van der Waals surface area contributed by atoms with Crippen LogP contribution in [0.5, 0.6) is 0 Å². The minimum absolute atomic E-state index is 0.144. The van der Waals surface area contributed by atoms with Gasteiger partial charge in [-0.1, -0.05) is 6.08 Å². The molecule has 0 aromatic rings. The van der Waals surface area contributed by atoms with E-state index < -0.39 is 0 Å². The Morgan fingerprint density at radius 2 is 2.00 bits per heavy atom. The van der Waals surface area contributed by atoms with Crippen LogP contribution in [0.4, 0.5) is 0 Å². The second kappa shape index (κ2) is 5.52. The molecule has 0 aromatic heterocycles. The number of hydrogen-bond donors (Lipinski definition) is 0. The molecule has 15 heavy (non-hydrogen) atoms. The quantitative estimate of drug-likeness (QED) is 0.285. The van der Waals surface area contributed by atoms with Gasteiger partial charge in [0.1, 0.15) is 5.76 Å². The number of hydrogen-bond acceptors (Lipinski definition) is 2. The Morgan fingerprint density at radius 1 is 1.27 bits per heavy atom. The first-order chi connectivity index (χ1) is 7.38. The summed E-state index contributed by atoms with van der Waals surface area (Å²) in [5, 5.41) is 0. The maximum Gasteiger partial charge on any atom is 0.521 e. The molecule has 0 amide bonds.